The lowest BCUT2D eigenvalue weighted by atomic mass is 10.1. The van der Waals surface area contributed by atoms with Crippen LogP contribution in [0.15, 0.2) is 84.9 Å². The number of aromatic nitrogens is 3. The van der Waals surface area contributed by atoms with E-state index in [0.717, 1.165) is 33.9 Å². The van der Waals surface area contributed by atoms with Crippen molar-refractivity contribution in [3.8, 4) is 34.0 Å². The van der Waals surface area contributed by atoms with E-state index in [4.69, 9.17) is 9.97 Å². The third-order valence-electron chi connectivity index (χ3n) is 3.98. The average molecular weight is 323 g/mol. The van der Waals surface area contributed by atoms with Gasteiger partial charge in [0, 0.05) is 16.8 Å². The molecule has 0 amide bonds. The van der Waals surface area contributed by atoms with Crippen LogP contribution in [0.5, 0.6) is 0 Å². The van der Waals surface area contributed by atoms with Crippen molar-refractivity contribution in [2.45, 2.75) is 6.92 Å². The summed E-state index contributed by atoms with van der Waals surface area (Å²) in [5.41, 5.74) is 5.62. The highest BCUT2D eigenvalue weighted by atomic mass is 14.9. The zero-order chi connectivity index (χ0) is 17.1. The van der Waals surface area contributed by atoms with E-state index < -0.39 is 0 Å². The van der Waals surface area contributed by atoms with Gasteiger partial charge in [-0.15, -0.1) is 0 Å². The van der Waals surface area contributed by atoms with Gasteiger partial charge in [0.2, 0.25) is 0 Å². The smallest absolute Gasteiger partial charge is 0.160 e. The first kappa shape index (κ1) is 15.2. The zero-order valence-electron chi connectivity index (χ0n) is 13.9. The summed E-state index contributed by atoms with van der Waals surface area (Å²) in [5.74, 6) is 0.709. The molecule has 0 N–H and O–H groups in total. The number of pyridine rings is 1. The van der Waals surface area contributed by atoms with Gasteiger partial charge in [-0.05, 0) is 25.1 Å². The van der Waals surface area contributed by atoms with Gasteiger partial charge in [-0.1, -0.05) is 66.7 Å². The van der Waals surface area contributed by atoms with Crippen LogP contribution in [0, 0.1) is 6.92 Å². The van der Waals surface area contributed by atoms with Crippen LogP contribution in [0.4, 0.5) is 0 Å². The van der Waals surface area contributed by atoms with E-state index in [1.807, 2.05) is 79.7 Å². The molecule has 0 bridgehead atoms. The van der Waals surface area contributed by atoms with Gasteiger partial charge in [0.1, 0.15) is 0 Å². The highest BCUT2D eigenvalue weighted by Crippen LogP contribution is 2.26. The molecule has 0 atom stereocenters. The Kier molecular flexibility index (Phi) is 4.05. The van der Waals surface area contributed by atoms with Gasteiger partial charge in [0.15, 0.2) is 5.82 Å². The molecule has 120 valence electrons. The van der Waals surface area contributed by atoms with Crippen LogP contribution in [0.1, 0.15) is 5.69 Å². The summed E-state index contributed by atoms with van der Waals surface area (Å²) < 4.78 is 0. The first-order chi connectivity index (χ1) is 12.3. The Balaban J connectivity index is 1.92. The number of rotatable bonds is 3. The van der Waals surface area contributed by atoms with Crippen molar-refractivity contribution in [1.82, 2.24) is 15.0 Å². The van der Waals surface area contributed by atoms with Crippen molar-refractivity contribution >= 4 is 0 Å². The van der Waals surface area contributed by atoms with Gasteiger partial charge in [0.25, 0.3) is 0 Å². The summed E-state index contributed by atoms with van der Waals surface area (Å²) in [6.07, 6.45) is 0. The molecule has 0 saturated carbocycles. The molecule has 2 heterocycles. The standard InChI is InChI=1S/C22H17N3/c1-16-9-8-14-19(23-16)21-15-20(17-10-4-2-5-11-17)24-22(25-21)18-12-6-3-7-13-18/h2-15H,1H3. The predicted molar refractivity (Wildman–Crippen MR) is 101 cm³/mol. The molecule has 0 unspecified atom stereocenters. The Morgan fingerprint density at radius 2 is 1.16 bits per heavy atom. The molecule has 3 nitrogen and oxygen atoms in total. The molecule has 0 fully saturated rings. The summed E-state index contributed by atoms with van der Waals surface area (Å²) in [5, 5.41) is 0. The van der Waals surface area contributed by atoms with Gasteiger partial charge in [-0.3, -0.25) is 4.98 Å². The minimum Gasteiger partial charge on any atom is -0.251 e. The summed E-state index contributed by atoms with van der Waals surface area (Å²) in [6, 6.07) is 28.2. The predicted octanol–water partition coefficient (Wildman–Crippen LogP) is 5.18. The van der Waals surface area contributed by atoms with Crippen LogP contribution in [-0.4, -0.2) is 15.0 Å². The van der Waals surface area contributed by atoms with E-state index in [1.54, 1.807) is 0 Å². The third-order valence-corrected chi connectivity index (χ3v) is 3.98. The maximum absolute atomic E-state index is 4.78. The normalized spacial score (nSPS) is 10.6. The van der Waals surface area contributed by atoms with E-state index in [0.29, 0.717) is 5.82 Å². The fraction of sp³-hybridized carbons (Fsp3) is 0.0455. The molecule has 0 aliphatic heterocycles. The quantitative estimate of drug-likeness (QED) is 0.521. The topological polar surface area (TPSA) is 38.7 Å². The van der Waals surface area contributed by atoms with Crippen molar-refractivity contribution in [3.05, 3.63) is 90.6 Å². The van der Waals surface area contributed by atoms with E-state index >= 15 is 0 Å². The van der Waals surface area contributed by atoms with Crippen LogP contribution >= 0.6 is 0 Å². The number of aryl methyl sites for hydroxylation is 1. The van der Waals surface area contributed by atoms with Crippen LogP contribution in [-0.2, 0) is 0 Å². The van der Waals surface area contributed by atoms with E-state index in [-0.39, 0.29) is 0 Å². The lowest BCUT2D eigenvalue weighted by molar-refractivity contribution is 1.14. The largest absolute Gasteiger partial charge is 0.251 e. The van der Waals surface area contributed by atoms with Crippen LogP contribution in [0.25, 0.3) is 34.0 Å². The Labute approximate surface area is 147 Å². The molecule has 0 aliphatic carbocycles. The summed E-state index contributed by atoms with van der Waals surface area (Å²) in [4.78, 5) is 14.2. The summed E-state index contributed by atoms with van der Waals surface area (Å²) in [6.45, 7) is 1.99. The van der Waals surface area contributed by atoms with Gasteiger partial charge >= 0.3 is 0 Å². The fourth-order valence-electron chi connectivity index (χ4n) is 2.74. The maximum atomic E-state index is 4.78. The molecule has 0 aliphatic rings. The van der Waals surface area contributed by atoms with Gasteiger partial charge in [-0.25, -0.2) is 9.97 Å². The molecule has 2 aromatic heterocycles. The number of nitrogens with zero attached hydrogens (tertiary/aromatic N) is 3. The van der Waals surface area contributed by atoms with Crippen molar-refractivity contribution in [1.29, 1.82) is 0 Å². The first-order valence-corrected chi connectivity index (χ1v) is 8.23. The highest BCUT2D eigenvalue weighted by Gasteiger charge is 2.11. The molecule has 2 aromatic carbocycles. The number of benzene rings is 2. The molecule has 3 heteroatoms. The van der Waals surface area contributed by atoms with Crippen molar-refractivity contribution in [2.24, 2.45) is 0 Å². The molecule has 0 saturated heterocycles. The minimum atomic E-state index is 0.709. The van der Waals surface area contributed by atoms with Crippen LogP contribution in [0.3, 0.4) is 0 Å². The molecule has 4 aromatic rings. The Morgan fingerprint density at radius 1 is 0.520 bits per heavy atom. The van der Waals surface area contributed by atoms with Crippen molar-refractivity contribution in [3.63, 3.8) is 0 Å². The van der Waals surface area contributed by atoms with Gasteiger partial charge in [-0.2, -0.15) is 0 Å². The molecule has 25 heavy (non-hydrogen) atoms. The second-order valence-corrected chi connectivity index (χ2v) is 5.86. The summed E-state index contributed by atoms with van der Waals surface area (Å²) in [7, 11) is 0. The second kappa shape index (κ2) is 6.65. The Hall–Kier alpha value is -3.33. The number of hydrogen-bond donors (Lipinski definition) is 0. The van der Waals surface area contributed by atoms with Crippen LogP contribution < -0.4 is 0 Å². The Bertz CT molecular complexity index is 938. The first-order valence-electron chi connectivity index (χ1n) is 8.23. The monoisotopic (exact) mass is 323 g/mol. The lowest BCUT2D eigenvalue weighted by Gasteiger charge is -2.09. The van der Waals surface area contributed by atoms with E-state index in [1.165, 1.54) is 0 Å². The van der Waals surface area contributed by atoms with Crippen molar-refractivity contribution in [2.75, 3.05) is 0 Å². The second-order valence-electron chi connectivity index (χ2n) is 5.86. The van der Waals surface area contributed by atoms with Crippen LogP contribution in [0.2, 0.25) is 0 Å². The van der Waals surface area contributed by atoms with E-state index in [9.17, 15) is 0 Å². The summed E-state index contributed by atoms with van der Waals surface area (Å²) >= 11 is 0. The molecular weight excluding hydrogens is 306 g/mol. The Morgan fingerprint density at radius 3 is 1.84 bits per heavy atom. The lowest BCUT2D eigenvalue weighted by Crippen LogP contribution is -1.97. The average Bonchev–Trinajstić information content (AvgIpc) is 2.69. The fourth-order valence-corrected chi connectivity index (χ4v) is 2.74. The zero-order valence-corrected chi connectivity index (χ0v) is 13.9. The molecular formula is C22H17N3. The maximum Gasteiger partial charge on any atom is 0.160 e. The molecule has 0 spiro atoms. The van der Waals surface area contributed by atoms with E-state index in [2.05, 4.69) is 17.1 Å². The third kappa shape index (κ3) is 3.31. The highest BCUT2D eigenvalue weighted by molar-refractivity contribution is 5.70. The molecule has 4 rings (SSSR count). The SMILES string of the molecule is Cc1cccc(-c2cc(-c3ccccc3)nc(-c3ccccc3)n2)n1. The van der Waals surface area contributed by atoms with Gasteiger partial charge in [0.05, 0.1) is 17.1 Å². The minimum absolute atomic E-state index is 0.709. The number of hydrogen-bond acceptors (Lipinski definition) is 3. The molecule has 0 radical (unpaired) electrons. The van der Waals surface area contributed by atoms with Gasteiger partial charge < -0.3 is 0 Å². The van der Waals surface area contributed by atoms with Crippen molar-refractivity contribution < 1.29 is 0 Å².